The molecule has 1 aromatic heterocycles. The molecule has 0 fully saturated rings. The molecule has 5 heteroatoms. The number of methoxy groups -OCH3 is 1. The molecule has 0 aromatic carbocycles. The Labute approximate surface area is 94.4 Å². The molecule has 0 saturated carbocycles. The second-order valence-electron chi connectivity index (χ2n) is 3.29. The Morgan fingerprint density at radius 1 is 1.67 bits per heavy atom. The van der Waals surface area contributed by atoms with Crippen molar-refractivity contribution in [1.29, 1.82) is 0 Å². The van der Waals surface area contributed by atoms with Crippen LogP contribution in [0.1, 0.15) is 12.0 Å². The lowest BCUT2D eigenvalue weighted by atomic mass is 10.00. The van der Waals surface area contributed by atoms with Gasteiger partial charge >= 0.3 is 5.97 Å². The van der Waals surface area contributed by atoms with Crippen molar-refractivity contribution in [2.75, 3.05) is 12.4 Å². The highest BCUT2D eigenvalue weighted by atomic mass is 35.5. The predicted octanol–water partition coefficient (Wildman–Crippen LogP) is 1.40. The van der Waals surface area contributed by atoms with Gasteiger partial charge in [-0.3, -0.25) is 4.98 Å². The number of nitrogens with one attached hydrogen (secondary N) is 1. The standard InChI is InChI=1S/C10H12N2O2.ClH/c1-14-10(13)9-3-2-7-6-11-5-4-8(7)12-9;/h4-6,9,12H,2-3H2,1H3;1H. The van der Waals surface area contributed by atoms with Gasteiger partial charge in [0.2, 0.25) is 0 Å². The first kappa shape index (κ1) is 11.8. The number of pyridine rings is 1. The van der Waals surface area contributed by atoms with Gasteiger partial charge in [-0.15, -0.1) is 12.4 Å². The van der Waals surface area contributed by atoms with E-state index in [1.165, 1.54) is 7.11 Å². The first-order valence-corrected chi connectivity index (χ1v) is 4.58. The van der Waals surface area contributed by atoms with Gasteiger partial charge in [-0.05, 0) is 24.5 Å². The number of carbonyl (C=O) groups excluding carboxylic acids is 1. The Morgan fingerprint density at radius 2 is 2.47 bits per heavy atom. The molecule has 1 aliphatic rings. The van der Waals surface area contributed by atoms with Gasteiger partial charge in [0.25, 0.3) is 0 Å². The zero-order valence-corrected chi connectivity index (χ0v) is 9.21. The number of carbonyl (C=O) groups is 1. The predicted molar refractivity (Wildman–Crippen MR) is 59.2 cm³/mol. The summed E-state index contributed by atoms with van der Waals surface area (Å²) in [5, 5.41) is 3.13. The molecule has 0 spiro atoms. The van der Waals surface area contributed by atoms with Crippen molar-refractivity contribution in [3.8, 4) is 0 Å². The quantitative estimate of drug-likeness (QED) is 0.739. The third kappa shape index (κ3) is 2.39. The fourth-order valence-electron chi connectivity index (χ4n) is 1.65. The van der Waals surface area contributed by atoms with Gasteiger partial charge in [-0.2, -0.15) is 0 Å². The third-order valence-electron chi connectivity index (χ3n) is 2.42. The number of fused-ring (bicyclic) bond motifs is 1. The minimum absolute atomic E-state index is 0. The molecule has 0 radical (unpaired) electrons. The van der Waals surface area contributed by atoms with E-state index in [0.717, 1.165) is 24.1 Å². The van der Waals surface area contributed by atoms with E-state index in [4.69, 9.17) is 0 Å². The highest BCUT2D eigenvalue weighted by molar-refractivity contribution is 5.85. The number of aromatic nitrogens is 1. The van der Waals surface area contributed by atoms with Crippen molar-refractivity contribution in [3.63, 3.8) is 0 Å². The van der Waals surface area contributed by atoms with Crippen LogP contribution in [0.25, 0.3) is 0 Å². The SMILES string of the molecule is COC(=O)C1CCc2cnccc2N1.Cl. The van der Waals surface area contributed by atoms with Crippen LogP contribution in [-0.2, 0) is 16.0 Å². The summed E-state index contributed by atoms with van der Waals surface area (Å²) in [5.74, 6) is -0.201. The van der Waals surface area contributed by atoms with Gasteiger partial charge in [-0.1, -0.05) is 0 Å². The first-order valence-electron chi connectivity index (χ1n) is 4.58. The first-order chi connectivity index (χ1) is 6.81. The van der Waals surface area contributed by atoms with E-state index in [-0.39, 0.29) is 24.4 Å². The Kier molecular flexibility index (Phi) is 3.91. The molecule has 15 heavy (non-hydrogen) atoms. The van der Waals surface area contributed by atoms with Crippen molar-refractivity contribution in [2.45, 2.75) is 18.9 Å². The molecule has 0 bridgehead atoms. The minimum atomic E-state index is -0.213. The fourth-order valence-corrected chi connectivity index (χ4v) is 1.65. The average Bonchev–Trinajstić information content (AvgIpc) is 2.27. The van der Waals surface area contributed by atoms with Crippen molar-refractivity contribution in [2.24, 2.45) is 0 Å². The zero-order chi connectivity index (χ0) is 9.97. The van der Waals surface area contributed by atoms with E-state index < -0.39 is 0 Å². The molecule has 1 N–H and O–H groups in total. The zero-order valence-electron chi connectivity index (χ0n) is 8.40. The van der Waals surface area contributed by atoms with Crippen molar-refractivity contribution < 1.29 is 9.53 Å². The second-order valence-corrected chi connectivity index (χ2v) is 3.29. The van der Waals surface area contributed by atoms with Crippen LogP contribution in [0.5, 0.6) is 0 Å². The summed E-state index contributed by atoms with van der Waals surface area (Å²) >= 11 is 0. The van der Waals surface area contributed by atoms with Gasteiger partial charge in [0.1, 0.15) is 6.04 Å². The smallest absolute Gasteiger partial charge is 0.328 e. The summed E-state index contributed by atoms with van der Waals surface area (Å²) in [7, 11) is 1.41. The Bertz CT molecular complexity index is 357. The normalized spacial score (nSPS) is 18.1. The average molecular weight is 229 g/mol. The van der Waals surface area contributed by atoms with E-state index in [1.54, 1.807) is 6.20 Å². The van der Waals surface area contributed by atoms with Crippen LogP contribution in [0, 0.1) is 0 Å². The van der Waals surface area contributed by atoms with E-state index in [1.807, 2.05) is 12.3 Å². The maximum atomic E-state index is 11.3. The van der Waals surface area contributed by atoms with Crippen molar-refractivity contribution >= 4 is 24.1 Å². The minimum Gasteiger partial charge on any atom is -0.467 e. The van der Waals surface area contributed by atoms with Crippen LogP contribution in [0.2, 0.25) is 0 Å². The molecule has 1 atom stereocenters. The third-order valence-corrected chi connectivity index (χ3v) is 2.42. The van der Waals surface area contributed by atoms with Gasteiger partial charge in [0.15, 0.2) is 0 Å². The number of esters is 1. The van der Waals surface area contributed by atoms with Crippen LogP contribution in [0.3, 0.4) is 0 Å². The van der Waals surface area contributed by atoms with Crippen molar-refractivity contribution in [1.82, 2.24) is 4.98 Å². The molecule has 4 nitrogen and oxygen atoms in total. The number of hydrogen-bond donors (Lipinski definition) is 1. The molecule has 1 aromatic rings. The summed E-state index contributed by atoms with van der Waals surface area (Å²) in [5.41, 5.74) is 2.15. The van der Waals surface area contributed by atoms with Crippen molar-refractivity contribution in [3.05, 3.63) is 24.0 Å². The lowest BCUT2D eigenvalue weighted by Crippen LogP contribution is -2.34. The van der Waals surface area contributed by atoms with Gasteiger partial charge in [-0.25, -0.2) is 4.79 Å². The Morgan fingerprint density at radius 3 is 3.20 bits per heavy atom. The van der Waals surface area contributed by atoms with Crippen LogP contribution >= 0.6 is 12.4 Å². The molecule has 0 saturated heterocycles. The van der Waals surface area contributed by atoms with Gasteiger partial charge < -0.3 is 10.1 Å². The topological polar surface area (TPSA) is 51.2 Å². The monoisotopic (exact) mass is 228 g/mol. The van der Waals surface area contributed by atoms with E-state index >= 15 is 0 Å². The molecule has 1 unspecified atom stereocenters. The maximum absolute atomic E-state index is 11.3. The molecule has 0 aliphatic carbocycles. The Balaban J connectivity index is 0.00000112. The van der Waals surface area contributed by atoms with Crippen LogP contribution in [0.15, 0.2) is 18.5 Å². The molecule has 1 aliphatic heterocycles. The van der Waals surface area contributed by atoms with Crippen LogP contribution in [-0.4, -0.2) is 24.1 Å². The number of nitrogens with zero attached hydrogens (tertiary/aromatic N) is 1. The van der Waals surface area contributed by atoms with Crippen LogP contribution < -0.4 is 5.32 Å². The number of aryl methyl sites for hydroxylation is 1. The van der Waals surface area contributed by atoms with Gasteiger partial charge in [0, 0.05) is 18.1 Å². The molecular formula is C10H13ClN2O2. The highest BCUT2D eigenvalue weighted by Crippen LogP contribution is 2.23. The summed E-state index contributed by atoms with van der Waals surface area (Å²) in [6, 6.07) is 1.67. The number of anilines is 1. The van der Waals surface area contributed by atoms with E-state index in [9.17, 15) is 4.79 Å². The number of rotatable bonds is 1. The van der Waals surface area contributed by atoms with Crippen LogP contribution in [0.4, 0.5) is 5.69 Å². The molecular weight excluding hydrogens is 216 g/mol. The highest BCUT2D eigenvalue weighted by Gasteiger charge is 2.24. The van der Waals surface area contributed by atoms with Gasteiger partial charge in [0.05, 0.1) is 7.11 Å². The number of halogens is 1. The lowest BCUT2D eigenvalue weighted by Gasteiger charge is -2.24. The fraction of sp³-hybridized carbons (Fsp3) is 0.400. The lowest BCUT2D eigenvalue weighted by molar-refractivity contribution is -0.141. The molecule has 0 amide bonds. The molecule has 2 rings (SSSR count). The number of ether oxygens (including phenoxy) is 1. The Hall–Kier alpha value is -1.29. The maximum Gasteiger partial charge on any atom is 0.328 e. The van der Waals surface area contributed by atoms with E-state index in [0.29, 0.717) is 0 Å². The summed E-state index contributed by atoms with van der Waals surface area (Å²) in [6.45, 7) is 0. The second kappa shape index (κ2) is 4.98. The summed E-state index contributed by atoms with van der Waals surface area (Å²) < 4.78 is 4.69. The molecule has 82 valence electrons. The largest absolute Gasteiger partial charge is 0.467 e. The van der Waals surface area contributed by atoms with E-state index in [2.05, 4.69) is 15.0 Å². The molecule has 2 heterocycles. The number of hydrogen-bond acceptors (Lipinski definition) is 4. The summed E-state index contributed by atoms with van der Waals surface area (Å²) in [6.07, 6.45) is 5.18. The summed E-state index contributed by atoms with van der Waals surface area (Å²) in [4.78, 5) is 15.3.